The fourth-order valence-corrected chi connectivity index (χ4v) is 1.56. The van der Waals surface area contributed by atoms with Crippen LogP contribution in [0.1, 0.15) is 46.5 Å². The van der Waals surface area contributed by atoms with Crippen molar-refractivity contribution in [2.45, 2.75) is 58.5 Å². The molecule has 0 aliphatic heterocycles. The molecule has 0 radical (unpaired) electrons. The maximum absolute atomic E-state index is 11.6. The molecule has 1 unspecified atom stereocenters. The molecule has 0 saturated heterocycles. The summed E-state index contributed by atoms with van der Waals surface area (Å²) in [5, 5.41) is 14.1. The van der Waals surface area contributed by atoms with E-state index in [9.17, 15) is 14.4 Å². The number of rotatable bonds is 9. The van der Waals surface area contributed by atoms with E-state index in [1.165, 1.54) is 0 Å². The molecule has 0 aliphatic carbocycles. The number of carbonyl (C=O) groups excluding carboxylic acids is 2. The lowest BCUT2D eigenvalue weighted by Crippen LogP contribution is -2.40. The smallest absolute Gasteiger partial charge is 0.326 e. The lowest BCUT2D eigenvalue weighted by Gasteiger charge is -2.12. The fraction of sp³-hybridized carbons (Fsp3) is 0.643. The van der Waals surface area contributed by atoms with Crippen LogP contribution in [0.25, 0.3) is 0 Å². The lowest BCUT2D eigenvalue weighted by atomic mass is 10.1. The van der Waals surface area contributed by atoms with Gasteiger partial charge in [-0.1, -0.05) is 12.2 Å². The Bertz CT molecular complexity index is 364. The Kier molecular flexibility index (Phi) is 9.07. The number of carbonyl (C=O) groups is 3. The molecular weight excluding hydrogens is 260 g/mol. The molecule has 0 aromatic heterocycles. The van der Waals surface area contributed by atoms with Gasteiger partial charge in [-0.2, -0.15) is 0 Å². The number of nitrogens with one attached hydrogen (secondary N) is 2. The van der Waals surface area contributed by atoms with Crippen LogP contribution in [0, 0.1) is 0 Å². The van der Waals surface area contributed by atoms with E-state index in [1.54, 1.807) is 19.1 Å². The molecule has 1 atom stereocenters. The van der Waals surface area contributed by atoms with Gasteiger partial charge in [0, 0.05) is 18.9 Å². The first-order chi connectivity index (χ1) is 9.36. The van der Waals surface area contributed by atoms with E-state index in [4.69, 9.17) is 5.11 Å². The number of carboxylic acids is 1. The normalized spacial score (nSPS) is 12.4. The molecule has 0 bridgehead atoms. The summed E-state index contributed by atoms with van der Waals surface area (Å²) in [7, 11) is 0. The standard InChI is InChI=1S/C14H24N2O4/c1-4-5-7-11(14(19)20)16-13(18)9-6-8-12(17)15-10(2)3/h4-5,10-11H,6-9H2,1-3H3,(H,15,17)(H,16,18)(H,19,20)/b5-4+. The molecule has 114 valence electrons. The van der Waals surface area contributed by atoms with E-state index < -0.39 is 12.0 Å². The second kappa shape index (κ2) is 10.00. The highest BCUT2D eigenvalue weighted by Gasteiger charge is 2.18. The first-order valence-corrected chi connectivity index (χ1v) is 6.79. The zero-order chi connectivity index (χ0) is 15.5. The van der Waals surface area contributed by atoms with E-state index in [0.29, 0.717) is 6.42 Å². The first kappa shape index (κ1) is 18.1. The minimum Gasteiger partial charge on any atom is -0.480 e. The summed E-state index contributed by atoms with van der Waals surface area (Å²) in [5.74, 6) is -1.51. The maximum Gasteiger partial charge on any atom is 0.326 e. The van der Waals surface area contributed by atoms with Crippen molar-refractivity contribution in [2.24, 2.45) is 0 Å². The Balaban J connectivity index is 4.02. The van der Waals surface area contributed by atoms with Crippen LogP contribution in [0.3, 0.4) is 0 Å². The Morgan fingerprint density at radius 3 is 2.10 bits per heavy atom. The Labute approximate surface area is 119 Å². The molecule has 0 spiro atoms. The number of carboxylic acid groups (broad SMARTS) is 1. The van der Waals surface area contributed by atoms with Gasteiger partial charge in [0.05, 0.1) is 0 Å². The third-order valence-corrected chi connectivity index (χ3v) is 2.50. The van der Waals surface area contributed by atoms with Crippen molar-refractivity contribution in [1.29, 1.82) is 0 Å². The van der Waals surface area contributed by atoms with Gasteiger partial charge in [-0.05, 0) is 33.6 Å². The molecule has 0 saturated carbocycles. The average molecular weight is 284 g/mol. The van der Waals surface area contributed by atoms with Crippen molar-refractivity contribution in [3.63, 3.8) is 0 Å². The summed E-state index contributed by atoms with van der Waals surface area (Å²) < 4.78 is 0. The van der Waals surface area contributed by atoms with E-state index in [2.05, 4.69) is 10.6 Å². The fourth-order valence-electron chi connectivity index (χ4n) is 1.56. The monoisotopic (exact) mass is 284 g/mol. The average Bonchev–Trinajstić information content (AvgIpc) is 2.33. The van der Waals surface area contributed by atoms with Crippen molar-refractivity contribution in [1.82, 2.24) is 10.6 Å². The zero-order valence-corrected chi connectivity index (χ0v) is 12.3. The molecule has 2 amide bonds. The van der Waals surface area contributed by atoms with Crippen LogP contribution in [0.4, 0.5) is 0 Å². The summed E-state index contributed by atoms with van der Waals surface area (Å²) >= 11 is 0. The van der Waals surface area contributed by atoms with Crippen LogP contribution in [-0.2, 0) is 14.4 Å². The number of hydrogen-bond donors (Lipinski definition) is 3. The summed E-state index contributed by atoms with van der Waals surface area (Å²) in [4.78, 5) is 33.9. The van der Waals surface area contributed by atoms with E-state index in [1.807, 2.05) is 13.8 Å². The topological polar surface area (TPSA) is 95.5 Å². The summed E-state index contributed by atoms with van der Waals surface area (Å²) in [6.07, 6.45) is 4.49. The van der Waals surface area contributed by atoms with Crippen molar-refractivity contribution in [3.05, 3.63) is 12.2 Å². The molecule has 0 heterocycles. The third kappa shape index (κ3) is 9.13. The molecule has 20 heavy (non-hydrogen) atoms. The highest BCUT2D eigenvalue weighted by Crippen LogP contribution is 2.00. The summed E-state index contributed by atoms with van der Waals surface area (Å²) in [5.41, 5.74) is 0. The van der Waals surface area contributed by atoms with Crippen molar-refractivity contribution < 1.29 is 19.5 Å². The van der Waals surface area contributed by atoms with Crippen LogP contribution in [-0.4, -0.2) is 35.0 Å². The van der Waals surface area contributed by atoms with Gasteiger partial charge in [0.1, 0.15) is 6.04 Å². The highest BCUT2D eigenvalue weighted by molar-refractivity contribution is 5.84. The largest absolute Gasteiger partial charge is 0.480 e. The molecule has 0 aliphatic rings. The lowest BCUT2D eigenvalue weighted by molar-refractivity contribution is -0.141. The minimum absolute atomic E-state index is 0.0774. The Hall–Kier alpha value is -1.85. The highest BCUT2D eigenvalue weighted by atomic mass is 16.4. The van der Waals surface area contributed by atoms with E-state index in [0.717, 1.165) is 0 Å². The molecule has 6 nitrogen and oxygen atoms in total. The predicted molar refractivity (Wildman–Crippen MR) is 76.1 cm³/mol. The number of aliphatic carboxylic acids is 1. The van der Waals surface area contributed by atoms with Gasteiger partial charge in [0.15, 0.2) is 0 Å². The second-order valence-electron chi connectivity index (χ2n) is 4.84. The number of amides is 2. The number of hydrogen-bond acceptors (Lipinski definition) is 3. The summed E-state index contributed by atoms with van der Waals surface area (Å²) in [6, 6.07) is -0.836. The van der Waals surface area contributed by atoms with Crippen molar-refractivity contribution >= 4 is 17.8 Å². The second-order valence-corrected chi connectivity index (χ2v) is 4.84. The summed E-state index contributed by atoms with van der Waals surface area (Å²) in [6.45, 7) is 5.51. The predicted octanol–water partition coefficient (Wildman–Crippen LogP) is 1.22. The van der Waals surface area contributed by atoms with Gasteiger partial charge < -0.3 is 15.7 Å². The van der Waals surface area contributed by atoms with Gasteiger partial charge in [-0.15, -0.1) is 0 Å². The van der Waals surface area contributed by atoms with Crippen molar-refractivity contribution in [2.75, 3.05) is 0 Å². The van der Waals surface area contributed by atoms with Gasteiger partial charge in [-0.25, -0.2) is 4.79 Å². The number of allylic oxidation sites excluding steroid dienone is 1. The quantitative estimate of drug-likeness (QED) is 0.555. The van der Waals surface area contributed by atoms with Crippen LogP contribution < -0.4 is 10.6 Å². The van der Waals surface area contributed by atoms with E-state index >= 15 is 0 Å². The molecular formula is C14H24N2O4. The molecule has 0 rings (SSSR count). The SMILES string of the molecule is C/C=C/CC(NC(=O)CCCC(=O)NC(C)C)C(=O)O. The Morgan fingerprint density at radius 1 is 1.10 bits per heavy atom. The Morgan fingerprint density at radius 2 is 1.65 bits per heavy atom. The molecule has 0 aromatic rings. The third-order valence-electron chi connectivity index (χ3n) is 2.50. The van der Waals surface area contributed by atoms with Gasteiger partial charge in [0.2, 0.25) is 11.8 Å². The first-order valence-electron chi connectivity index (χ1n) is 6.79. The van der Waals surface area contributed by atoms with Crippen LogP contribution >= 0.6 is 0 Å². The zero-order valence-electron chi connectivity index (χ0n) is 12.3. The van der Waals surface area contributed by atoms with Crippen molar-refractivity contribution in [3.8, 4) is 0 Å². The molecule has 0 fully saturated rings. The minimum atomic E-state index is -1.06. The van der Waals surface area contributed by atoms with E-state index in [-0.39, 0.29) is 37.1 Å². The van der Waals surface area contributed by atoms with Crippen LogP contribution in [0.15, 0.2) is 12.2 Å². The molecule has 6 heteroatoms. The molecule has 0 aromatic carbocycles. The maximum atomic E-state index is 11.6. The van der Waals surface area contributed by atoms with Gasteiger partial charge >= 0.3 is 5.97 Å². The van der Waals surface area contributed by atoms with Crippen LogP contribution in [0.2, 0.25) is 0 Å². The van der Waals surface area contributed by atoms with Crippen LogP contribution in [0.5, 0.6) is 0 Å². The van der Waals surface area contributed by atoms with Gasteiger partial charge in [-0.3, -0.25) is 9.59 Å². The molecule has 3 N–H and O–H groups in total. The van der Waals surface area contributed by atoms with Gasteiger partial charge in [0.25, 0.3) is 0 Å².